The molecule has 1 heterocycles. The van der Waals surface area contributed by atoms with E-state index in [0.29, 0.717) is 5.92 Å². The fourth-order valence-electron chi connectivity index (χ4n) is 2.30. The first kappa shape index (κ1) is 13.8. The normalized spacial score (nSPS) is 11.9. The summed E-state index contributed by atoms with van der Waals surface area (Å²) in [6, 6.07) is 11.0. The van der Waals surface area contributed by atoms with Gasteiger partial charge in [0.2, 0.25) is 0 Å². The molecule has 1 heteroatoms. The Balaban J connectivity index is 2.54. The molecule has 0 aliphatic rings. The fraction of sp³-hybridized carbons (Fsp3) is 0.389. The summed E-state index contributed by atoms with van der Waals surface area (Å²) in [6.07, 6.45) is 3.86. The van der Waals surface area contributed by atoms with E-state index in [-0.39, 0.29) is 5.41 Å². The standard InChI is InChI=1S/C18H23N/c1-13(2)16-9-10-19-12-17(16)14-7-6-8-15(11-14)18(3,4)5/h6-13H,1-5H3. The van der Waals surface area contributed by atoms with E-state index in [2.05, 4.69) is 69.9 Å². The van der Waals surface area contributed by atoms with Gasteiger partial charge < -0.3 is 0 Å². The molecule has 1 nitrogen and oxygen atoms in total. The molecule has 0 amide bonds. The van der Waals surface area contributed by atoms with E-state index in [4.69, 9.17) is 0 Å². The molecule has 19 heavy (non-hydrogen) atoms. The molecule has 2 rings (SSSR count). The van der Waals surface area contributed by atoms with Crippen LogP contribution in [0.25, 0.3) is 11.1 Å². The molecule has 0 spiro atoms. The van der Waals surface area contributed by atoms with Gasteiger partial charge in [-0.1, -0.05) is 58.9 Å². The second kappa shape index (κ2) is 5.16. The first-order valence-corrected chi connectivity index (χ1v) is 6.94. The highest BCUT2D eigenvalue weighted by atomic mass is 14.6. The summed E-state index contributed by atoms with van der Waals surface area (Å²) >= 11 is 0. The molecule has 100 valence electrons. The van der Waals surface area contributed by atoms with E-state index in [9.17, 15) is 0 Å². The van der Waals surface area contributed by atoms with Gasteiger partial charge in [0, 0.05) is 18.0 Å². The summed E-state index contributed by atoms with van der Waals surface area (Å²) in [7, 11) is 0. The van der Waals surface area contributed by atoms with Crippen molar-refractivity contribution < 1.29 is 0 Å². The average Bonchev–Trinajstić information content (AvgIpc) is 2.38. The Hall–Kier alpha value is -1.63. The van der Waals surface area contributed by atoms with Crippen LogP contribution in [0.4, 0.5) is 0 Å². The smallest absolute Gasteiger partial charge is 0.0349 e. The lowest BCUT2D eigenvalue weighted by atomic mass is 9.84. The van der Waals surface area contributed by atoms with Gasteiger partial charge in [0.25, 0.3) is 0 Å². The predicted octanol–water partition coefficient (Wildman–Crippen LogP) is 5.17. The maximum atomic E-state index is 4.30. The zero-order chi connectivity index (χ0) is 14.0. The molecular weight excluding hydrogens is 230 g/mol. The molecule has 0 aliphatic heterocycles. The van der Waals surface area contributed by atoms with Crippen molar-refractivity contribution in [2.45, 2.75) is 46.0 Å². The summed E-state index contributed by atoms with van der Waals surface area (Å²) in [6.45, 7) is 11.2. The monoisotopic (exact) mass is 253 g/mol. The highest BCUT2D eigenvalue weighted by molar-refractivity contribution is 5.68. The number of benzene rings is 1. The summed E-state index contributed by atoms with van der Waals surface area (Å²) in [4.78, 5) is 4.30. The Morgan fingerprint density at radius 2 is 1.79 bits per heavy atom. The van der Waals surface area contributed by atoms with Crippen LogP contribution in [0.1, 0.15) is 51.7 Å². The van der Waals surface area contributed by atoms with E-state index in [1.165, 1.54) is 22.3 Å². The van der Waals surface area contributed by atoms with Gasteiger partial charge in [-0.25, -0.2) is 0 Å². The number of pyridine rings is 1. The van der Waals surface area contributed by atoms with Crippen LogP contribution in [-0.2, 0) is 5.41 Å². The molecule has 1 aromatic heterocycles. The maximum Gasteiger partial charge on any atom is 0.0349 e. The third-order valence-corrected chi connectivity index (χ3v) is 3.52. The van der Waals surface area contributed by atoms with E-state index < -0.39 is 0 Å². The molecule has 1 aromatic carbocycles. The molecule has 0 saturated heterocycles. The lowest BCUT2D eigenvalue weighted by Crippen LogP contribution is -2.10. The van der Waals surface area contributed by atoms with Gasteiger partial charge in [0.1, 0.15) is 0 Å². The lowest BCUT2D eigenvalue weighted by Gasteiger charge is -2.20. The van der Waals surface area contributed by atoms with Gasteiger partial charge in [-0.2, -0.15) is 0 Å². The SMILES string of the molecule is CC(C)c1ccncc1-c1cccc(C(C)(C)C)c1. The molecule has 2 aromatic rings. The Kier molecular flexibility index (Phi) is 3.75. The maximum absolute atomic E-state index is 4.30. The van der Waals surface area contributed by atoms with Crippen LogP contribution in [0.2, 0.25) is 0 Å². The highest BCUT2D eigenvalue weighted by Gasteiger charge is 2.15. The van der Waals surface area contributed by atoms with Gasteiger partial charge in [-0.15, -0.1) is 0 Å². The molecule has 0 radical (unpaired) electrons. The van der Waals surface area contributed by atoms with Crippen LogP contribution in [0.3, 0.4) is 0 Å². The second-order valence-corrected chi connectivity index (χ2v) is 6.45. The van der Waals surface area contributed by atoms with Gasteiger partial charge in [0.15, 0.2) is 0 Å². The zero-order valence-corrected chi connectivity index (χ0v) is 12.6. The van der Waals surface area contributed by atoms with E-state index >= 15 is 0 Å². The van der Waals surface area contributed by atoms with Crippen LogP contribution >= 0.6 is 0 Å². The Labute approximate surface area is 116 Å². The van der Waals surface area contributed by atoms with E-state index in [1.807, 2.05) is 12.4 Å². The van der Waals surface area contributed by atoms with Crippen molar-refractivity contribution in [1.29, 1.82) is 0 Å². The molecule has 0 atom stereocenters. The van der Waals surface area contributed by atoms with Crippen LogP contribution in [0, 0.1) is 0 Å². The first-order chi connectivity index (χ1) is 8.89. The fourth-order valence-corrected chi connectivity index (χ4v) is 2.30. The van der Waals surface area contributed by atoms with Crippen molar-refractivity contribution >= 4 is 0 Å². The minimum absolute atomic E-state index is 0.177. The predicted molar refractivity (Wildman–Crippen MR) is 82.5 cm³/mol. The third-order valence-electron chi connectivity index (χ3n) is 3.52. The van der Waals surface area contributed by atoms with Crippen LogP contribution in [-0.4, -0.2) is 4.98 Å². The van der Waals surface area contributed by atoms with Gasteiger partial charge in [-0.3, -0.25) is 4.98 Å². The molecule has 0 unspecified atom stereocenters. The second-order valence-electron chi connectivity index (χ2n) is 6.45. The Morgan fingerprint density at radius 1 is 1.05 bits per heavy atom. The minimum atomic E-state index is 0.177. The summed E-state index contributed by atoms with van der Waals surface area (Å²) in [5, 5.41) is 0. The topological polar surface area (TPSA) is 12.9 Å². The van der Waals surface area contributed by atoms with E-state index in [0.717, 1.165) is 0 Å². The number of aromatic nitrogens is 1. The van der Waals surface area contributed by atoms with E-state index in [1.54, 1.807) is 0 Å². The van der Waals surface area contributed by atoms with Crippen LogP contribution in [0.15, 0.2) is 42.7 Å². The number of hydrogen-bond donors (Lipinski definition) is 0. The van der Waals surface area contributed by atoms with Crippen molar-refractivity contribution in [3.05, 3.63) is 53.9 Å². The summed E-state index contributed by atoms with van der Waals surface area (Å²) in [5.41, 5.74) is 5.42. The average molecular weight is 253 g/mol. The highest BCUT2D eigenvalue weighted by Crippen LogP contribution is 2.31. The van der Waals surface area contributed by atoms with Crippen molar-refractivity contribution in [3.63, 3.8) is 0 Å². The zero-order valence-electron chi connectivity index (χ0n) is 12.6. The lowest BCUT2D eigenvalue weighted by molar-refractivity contribution is 0.590. The molecule has 0 fully saturated rings. The van der Waals surface area contributed by atoms with Crippen molar-refractivity contribution in [1.82, 2.24) is 4.98 Å². The van der Waals surface area contributed by atoms with Crippen molar-refractivity contribution in [2.24, 2.45) is 0 Å². The number of rotatable bonds is 2. The Morgan fingerprint density at radius 3 is 2.42 bits per heavy atom. The van der Waals surface area contributed by atoms with Crippen LogP contribution in [0.5, 0.6) is 0 Å². The quantitative estimate of drug-likeness (QED) is 0.719. The number of nitrogens with zero attached hydrogens (tertiary/aromatic N) is 1. The van der Waals surface area contributed by atoms with Crippen molar-refractivity contribution in [2.75, 3.05) is 0 Å². The molecule has 0 saturated carbocycles. The minimum Gasteiger partial charge on any atom is -0.264 e. The molecular formula is C18H23N. The number of hydrogen-bond acceptors (Lipinski definition) is 1. The van der Waals surface area contributed by atoms with Gasteiger partial charge in [0.05, 0.1) is 0 Å². The Bertz CT molecular complexity index is 562. The first-order valence-electron chi connectivity index (χ1n) is 6.94. The molecule has 0 aliphatic carbocycles. The molecule has 0 N–H and O–H groups in total. The van der Waals surface area contributed by atoms with Gasteiger partial charge in [-0.05, 0) is 34.1 Å². The molecule has 0 bridgehead atoms. The summed E-state index contributed by atoms with van der Waals surface area (Å²) in [5.74, 6) is 0.510. The third kappa shape index (κ3) is 3.04. The van der Waals surface area contributed by atoms with Crippen molar-refractivity contribution in [3.8, 4) is 11.1 Å². The van der Waals surface area contributed by atoms with Crippen LogP contribution < -0.4 is 0 Å². The summed E-state index contributed by atoms with van der Waals surface area (Å²) < 4.78 is 0. The van der Waals surface area contributed by atoms with Gasteiger partial charge >= 0.3 is 0 Å². The largest absolute Gasteiger partial charge is 0.264 e.